The fraction of sp³-hybridized carbons (Fsp3) is 0.250. The quantitative estimate of drug-likeness (QED) is 0.647. The van der Waals surface area contributed by atoms with E-state index in [1.807, 2.05) is 0 Å². The van der Waals surface area contributed by atoms with Crippen molar-refractivity contribution in [3.05, 3.63) is 48.0 Å². The largest absolute Gasteiger partial charge is 0.326 e. The molecule has 1 heterocycles. The monoisotopic (exact) mass is 430 g/mol. The Balaban J connectivity index is 1.62. The molecule has 2 aromatic rings. The molecule has 1 aliphatic rings. The van der Waals surface area contributed by atoms with Gasteiger partial charge in [-0.15, -0.1) is 0 Å². The molecule has 0 unspecified atom stereocenters. The number of rotatable bonds is 6. The van der Waals surface area contributed by atoms with Crippen molar-refractivity contribution in [2.45, 2.75) is 19.8 Å². The van der Waals surface area contributed by atoms with Gasteiger partial charge in [-0.3, -0.25) is 19.1 Å². The number of hydrogen-bond donors (Lipinski definition) is 3. The zero-order chi connectivity index (χ0) is 21.9. The van der Waals surface area contributed by atoms with Gasteiger partial charge in [0.1, 0.15) is 6.54 Å². The van der Waals surface area contributed by atoms with E-state index in [9.17, 15) is 22.8 Å². The summed E-state index contributed by atoms with van der Waals surface area (Å²) in [4.78, 5) is 38.1. The molecule has 3 N–H and O–H groups in total. The van der Waals surface area contributed by atoms with Gasteiger partial charge < -0.3 is 15.5 Å². The van der Waals surface area contributed by atoms with Crippen LogP contribution in [0.4, 0.5) is 22.7 Å². The maximum Gasteiger partial charge on any atom is 0.244 e. The van der Waals surface area contributed by atoms with E-state index in [0.29, 0.717) is 28.3 Å². The van der Waals surface area contributed by atoms with E-state index in [2.05, 4.69) is 15.4 Å². The van der Waals surface area contributed by atoms with Crippen LogP contribution in [0, 0.1) is 6.92 Å². The van der Waals surface area contributed by atoms with Crippen LogP contribution in [0.15, 0.2) is 42.5 Å². The molecule has 0 fully saturated rings. The molecule has 0 spiro atoms. The lowest BCUT2D eigenvalue weighted by molar-refractivity contribution is -0.124. The van der Waals surface area contributed by atoms with Crippen LogP contribution in [0.2, 0.25) is 0 Å². The minimum Gasteiger partial charge on any atom is -0.326 e. The van der Waals surface area contributed by atoms with Crippen molar-refractivity contribution in [1.82, 2.24) is 0 Å². The first kappa shape index (κ1) is 21.3. The number of carbonyl (C=O) groups is 3. The Morgan fingerprint density at radius 2 is 1.87 bits per heavy atom. The lowest BCUT2D eigenvalue weighted by atomic mass is 10.1. The Kier molecular flexibility index (Phi) is 6.06. The van der Waals surface area contributed by atoms with E-state index in [1.165, 1.54) is 11.0 Å². The summed E-state index contributed by atoms with van der Waals surface area (Å²) < 4.78 is 25.3. The van der Waals surface area contributed by atoms with E-state index < -0.39 is 15.9 Å². The molecule has 3 amide bonds. The standard InChI is InChI=1S/C20H22N4O5S/c1-13-7-8-14(11-16(13)23-30(2,28)29)21-18(25)9-10-20(27)24-12-19(26)22-15-5-3-4-6-17(15)24/h3-8,11,23H,9-10,12H2,1-2H3,(H,21,25)(H,22,26). The second kappa shape index (κ2) is 8.54. The van der Waals surface area contributed by atoms with Crippen LogP contribution in [-0.2, 0) is 24.4 Å². The number of amides is 3. The molecule has 30 heavy (non-hydrogen) atoms. The number of nitrogens with one attached hydrogen (secondary N) is 3. The summed E-state index contributed by atoms with van der Waals surface area (Å²) in [5, 5.41) is 5.37. The van der Waals surface area contributed by atoms with Crippen LogP contribution >= 0.6 is 0 Å². The topological polar surface area (TPSA) is 125 Å². The molecular weight excluding hydrogens is 408 g/mol. The normalized spacial score (nSPS) is 13.3. The van der Waals surface area contributed by atoms with Gasteiger partial charge in [0.25, 0.3) is 0 Å². The lowest BCUT2D eigenvalue weighted by Crippen LogP contribution is -2.42. The van der Waals surface area contributed by atoms with Crippen LogP contribution in [0.5, 0.6) is 0 Å². The average molecular weight is 430 g/mol. The lowest BCUT2D eigenvalue weighted by Gasteiger charge is -2.29. The van der Waals surface area contributed by atoms with Gasteiger partial charge in [0.15, 0.2) is 0 Å². The van der Waals surface area contributed by atoms with Crippen molar-refractivity contribution in [3.8, 4) is 0 Å². The molecule has 3 rings (SSSR count). The molecule has 0 aromatic heterocycles. The van der Waals surface area contributed by atoms with Crippen LogP contribution in [0.25, 0.3) is 0 Å². The number of para-hydroxylation sites is 2. The zero-order valence-electron chi connectivity index (χ0n) is 16.6. The van der Waals surface area contributed by atoms with Crippen molar-refractivity contribution in [2.75, 3.05) is 33.1 Å². The van der Waals surface area contributed by atoms with Gasteiger partial charge in [0.05, 0.1) is 23.3 Å². The number of aryl methyl sites for hydroxylation is 1. The smallest absolute Gasteiger partial charge is 0.244 e. The molecule has 0 aliphatic carbocycles. The minimum absolute atomic E-state index is 0.0756. The molecule has 158 valence electrons. The van der Waals surface area contributed by atoms with Crippen molar-refractivity contribution >= 4 is 50.5 Å². The summed E-state index contributed by atoms with van der Waals surface area (Å²) in [5.74, 6) is -1.03. The Morgan fingerprint density at radius 1 is 1.13 bits per heavy atom. The van der Waals surface area contributed by atoms with Crippen molar-refractivity contribution in [2.24, 2.45) is 0 Å². The second-order valence-corrected chi connectivity index (χ2v) is 8.75. The van der Waals surface area contributed by atoms with Gasteiger partial charge in [0, 0.05) is 18.5 Å². The highest BCUT2D eigenvalue weighted by atomic mass is 32.2. The van der Waals surface area contributed by atoms with Crippen molar-refractivity contribution < 1.29 is 22.8 Å². The van der Waals surface area contributed by atoms with Gasteiger partial charge in [-0.2, -0.15) is 0 Å². The molecule has 0 radical (unpaired) electrons. The molecular formula is C20H22N4O5S. The van der Waals surface area contributed by atoms with Crippen molar-refractivity contribution in [1.29, 1.82) is 0 Å². The number of nitrogens with zero attached hydrogens (tertiary/aromatic N) is 1. The summed E-state index contributed by atoms with van der Waals surface area (Å²) in [7, 11) is -3.45. The Bertz CT molecular complexity index is 1110. The van der Waals surface area contributed by atoms with Gasteiger partial charge in [-0.1, -0.05) is 18.2 Å². The fourth-order valence-electron chi connectivity index (χ4n) is 3.04. The maximum atomic E-state index is 12.6. The van der Waals surface area contributed by atoms with Gasteiger partial charge in [0.2, 0.25) is 27.7 Å². The van der Waals surface area contributed by atoms with Crippen molar-refractivity contribution in [3.63, 3.8) is 0 Å². The molecule has 0 saturated carbocycles. The summed E-state index contributed by atoms with van der Waals surface area (Å²) in [6.45, 7) is 1.64. The summed E-state index contributed by atoms with van der Waals surface area (Å²) in [6.07, 6.45) is 0.887. The highest BCUT2D eigenvalue weighted by Crippen LogP contribution is 2.29. The summed E-state index contributed by atoms with van der Waals surface area (Å²) in [6, 6.07) is 11.8. The Morgan fingerprint density at radius 3 is 2.60 bits per heavy atom. The molecule has 0 atom stereocenters. The molecule has 0 saturated heterocycles. The predicted octanol–water partition coefficient (Wildman–Crippen LogP) is 2.07. The maximum absolute atomic E-state index is 12.6. The van der Waals surface area contributed by atoms with Crippen LogP contribution in [-0.4, -0.2) is 38.9 Å². The molecule has 2 aromatic carbocycles. The highest BCUT2D eigenvalue weighted by molar-refractivity contribution is 7.92. The molecule has 1 aliphatic heterocycles. The fourth-order valence-corrected chi connectivity index (χ4v) is 3.66. The predicted molar refractivity (Wildman–Crippen MR) is 115 cm³/mol. The first-order chi connectivity index (χ1) is 14.1. The van der Waals surface area contributed by atoms with Crippen LogP contribution in [0.1, 0.15) is 18.4 Å². The van der Waals surface area contributed by atoms with Crippen LogP contribution in [0.3, 0.4) is 0 Å². The van der Waals surface area contributed by atoms with E-state index >= 15 is 0 Å². The zero-order valence-corrected chi connectivity index (χ0v) is 17.4. The Labute approximate surface area is 174 Å². The third kappa shape index (κ3) is 5.35. The SMILES string of the molecule is Cc1ccc(NC(=O)CCC(=O)N2CC(=O)Nc3ccccc32)cc1NS(C)(=O)=O. The molecule has 0 bridgehead atoms. The second-order valence-electron chi connectivity index (χ2n) is 7.00. The van der Waals surface area contributed by atoms with Gasteiger partial charge in [-0.25, -0.2) is 8.42 Å². The third-order valence-electron chi connectivity index (χ3n) is 4.45. The van der Waals surface area contributed by atoms with E-state index in [1.54, 1.807) is 43.3 Å². The van der Waals surface area contributed by atoms with E-state index in [0.717, 1.165) is 6.26 Å². The van der Waals surface area contributed by atoms with Gasteiger partial charge >= 0.3 is 0 Å². The number of hydrogen-bond acceptors (Lipinski definition) is 5. The number of anilines is 4. The van der Waals surface area contributed by atoms with Crippen LogP contribution < -0.4 is 20.3 Å². The summed E-state index contributed by atoms with van der Waals surface area (Å²) >= 11 is 0. The first-order valence-electron chi connectivity index (χ1n) is 9.20. The number of carbonyl (C=O) groups excluding carboxylic acids is 3. The molecule has 9 nitrogen and oxygen atoms in total. The van der Waals surface area contributed by atoms with Gasteiger partial charge in [-0.05, 0) is 36.8 Å². The number of benzene rings is 2. The molecule has 10 heteroatoms. The summed E-state index contributed by atoms with van der Waals surface area (Å²) in [5.41, 5.74) is 2.62. The highest BCUT2D eigenvalue weighted by Gasteiger charge is 2.26. The Hall–Kier alpha value is -3.40. The van der Waals surface area contributed by atoms with E-state index in [-0.39, 0.29) is 31.2 Å². The number of sulfonamides is 1. The number of fused-ring (bicyclic) bond motifs is 1. The third-order valence-corrected chi connectivity index (χ3v) is 5.05. The first-order valence-corrected chi connectivity index (χ1v) is 11.1. The average Bonchev–Trinajstić information content (AvgIpc) is 2.67. The van der Waals surface area contributed by atoms with E-state index in [4.69, 9.17) is 0 Å². The minimum atomic E-state index is -3.45.